The summed E-state index contributed by atoms with van der Waals surface area (Å²) in [7, 11) is -3.69. The number of carbonyl (C=O) groups is 1. The van der Waals surface area contributed by atoms with Crippen LogP contribution in [0.2, 0.25) is 0 Å². The van der Waals surface area contributed by atoms with Crippen molar-refractivity contribution in [2.45, 2.75) is 30.7 Å². The van der Waals surface area contributed by atoms with Crippen molar-refractivity contribution in [3.8, 4) is 0 Å². The molecule has 0 saturated carbocycles. The number of hydrogen-bond acceptors (Lipinski definition) is 4. The second-order valence-corrected chi connectivity index (χ2v) is 8.94. The lowest BCUT2D eigenvalue weighted by Gasteiger charge is -2.31. The molecule has 0 aromatic heterocycles. The number of hydrogen-bond donors (Lipinski definition) is 2. The van der Waals surface area contributed by atoms with Gasteiger partial charge < -0.3 is 5.32 Å². The van der Waals surface area contributed by atoms with Gasteiger partial charge in [0.15, 0.2) is 0 Å². The highest BCUT2D eigenvalue weighted by atomic mass is 32.2. The lowest BCUT2D eigenvalue weighted by atomic mass is 9.90. The van der Waals surface area contributed by atoms with Gasteiger partial charge in [-0.25, -0.2) is 13.6 Å². The number of nitrogens with one attached hydrogen (secondary N) is 1. The van der Waals surface area contributed by atoms with Crippen LogP contribution in [0.4, 0.5) is 0 Å². The first-order chi connectivity index (χ1) is 13.4. The van der Waals surface area contributed by atoms with Gasteiger partial charge in [0.2, 0.25) is 15.9 Å². The summed E-state index contributed by atoms with van der Waals surface area (Å²) in [4.78, 5) is 14.5. The predicted molar refractivity (Wildman–Crippen MR) is 109 cm³/mol. The van der Waals surface area contributed by atoms with Crippen LogP contribution in [0.15, 0.2) is 59.5 Å². The van der Waals surface area contributed by atoms with E-state index in [4.69, 9.17) is 5.14 Å². The maximum atomic E-state index is 12.2. The number of primary sulfonamides is 1. The number of piperidine rings is 1. The van der Waals surface area contributed by atoms with Gasteiger partial charge in [0.1, 0.15) is 0 Å². The summed E-state index contributed by atoms with van der Waals surface area (Å²) in [5.41, 5.74) is 2.22. The third kappa shape index (κ3) is 6.15. The van der Waals surface area contributed by atoms with Crippen LogP contribution in [0.1, 0.15) is 24.0 Å². The van der Waals surface area contributed by atoms with Gasteiger partial charge in [-0.1, -0.05) is 42.5 Å². The summed E-state index contributed by atoms with van der Waals surface area (Å²) in [6, 6.07) is 16.8. The van der Waals surface area contributed by atoms with Crippen molar-refractivity contribution in [2.24, 2.45) is 11.1 Å². The molecule has 1 aliphatic rings. The maximum absolute atomic E-state index is 12.2. The zero-order valence-corrected chi connectivity index (χ0v) is 16.7. The summed E-state index contributed by atoms with van der Waals surface area (Å²) in [5.74, 6) is 0.663. The molecule has 0 radical (unpaired) electrons. The molecule has 1 fully saturated rings. The zero-order valence-electron chi connectivity index (χ0n) is 15.9. The molecule has 2 aromatic carbocycles. The van der Waals surface area contributed by atoms with Crippen LogP contribution in [0.25, 0.3) is 0 Å². The zero-order chi connectivity index (χ0) is 20.0. The number of rotatable bonds is 7. The van der Waals surface area contributed by atoms with Gasteiger partial charge in [0, 0.05) is 6.54 Å². The Bertz CT molecular complexity index is 875. The average molecular weight is 402 g/mol. The Morgan fingerprint density at radius 1 is 1.00 bits per heavy atom. The molecule has 1 amide bonds. The third-order valence-corrected chi connectivity index (χ3v) is 6.11. The molecular weight excluding hydrogens is 374 g/mol. The Balaban J connectivity index is 1.39. The van der Waals surface area contributed by atoms with Gasteiger partial charge in [0.25, 0.3) is 0 Å². The first-order valence-electron chi connectivity index (χ1n) is 9.55. The number of nitrogens with zero attached hydrogens (tertiary/aromatic N) is 1. The number of sulfonamides is 1. The van der Waals surface area contributed by atoms with Crippen molar-refractivity contribution in [2.75, 3.05) is 19.6 Å². The molecule has 28 heavy (non-hydrogen) atoms. The molecule has 0 unspecified atom stereocenters. The number of carbonyl (C=O) groups excluding carboxylic acids is 1. The molecule has 0 spiro atoms. The van der Waals surface area contributed by atoms with E-state index in [2.05, 4.69) is 34.5 Å². The van der Waals surface area contributed by atoms with Crippen molar-refractivity contribution in [3.63, 3.8) is 0 Å². The quantitative estimate of drug-likeness (QED) is 0.741. The minimum atomic E-state index is -3.69. The Labute approximate surface area is 166 Å². The molecule has 1 saturated heterocycles. The summed E-state index contributed by atoms with van der Waals surface area (Å²) < 4.78 is 22.5. The van der Waals surface area contributed by atoms with Gasteiger partial charge in [-0.2, -0.15) is 0 Å². The van der Waals surface area contributed by atoms with Gasteiger partial charge in [-0.15, -0.1) is 0 Å². The van der Waals surface area contributed by atoms with E-state index in [1.165, 1.54) is 17.7 Å². The number of nitrogens with two attached hydrogens (primary N) is 1. The van der Waals surface area contributed by atoms with E-state index in [1.807, 2.05) is 6.07 Å². The summed E-state index contributed by atoms with van der Waals surface area (Å²) >= 11 is 0. The number of benzene rings is 2. The van der Waals surface area contributed by atoms with Crippen LogP contribution in [-0.4, -0.2) is 38.9 Å². The third-order valence-electron chi connectivity index (χ3n) is 5.18. The van der Waals surface area contributed by atoms with E-state index in [9.17, 15) is 13.2 Å². The van der Waals surface area contributed by atoms with E-state index >= 15 is 0 Å². The van der Waals surface area contributed by atoms with Crippen molar-refractivity contribution in [1.29, 1.82) is 0 Å². The predicted octanol–water partition coefficient (Wildman–Crippen LogP) is 1.90. The molecule has 7 heteroatoms. The SMILES string of the molecule is NS(=O)(=O)c1ccc(CNC(=O)CN2CCC(Cc3ccccc3)CC2)cc1. The Morgan fingerprint density at radius 3 is 2.25 bits per heavy atom. The van der Waals surface area contributed by atoms with E-state index < -0.39 is 10.0 Å². The molecule has 3 rings (SSSR count). The van der Waals surface area contributed by atoms with Crippen LogP contribution in [0.5, 0.6) is 0 Å². The summed E-state index contributed by atoms with van der Waals surface area (Å²) in [6.07, 6.45) is 3.32. The van der Waals surface area contributed by atoms with Gasteiger partial charge in [-0.3, -0.25) is 9.69 Å². The normalized spacial score (nSPS) is 16.0. The van der Waals surface area contributed by atoms with Gasteiger partial charge >= 0.3 is 0 Å². The van der Waals surface area contributed by atoms with Crippen LogP contribution in [0.3, 0.4) is 0 Å². The standard InChI is InChI=1S/C21H27N3O3S/c22-28(26,27)20-8-6-19(7-9-20)15-23-21(25)16-24-12-10-18(11-13-24)14-17-4-2-1-3-5-17/h1-9,18H,10-16H2,(H,23,25)(H2,22,26,27). The molecule has 2 aromatic rings. The number of amides is 1. The molecule has 150 valence electrons. The average Bonchev–Trinajstić information content (AvgIpc) is 2.68. The Morgan fingerprint density at radius 2 is 1.64 bits per heavy atom. The molecule has 1 aliphatic heterocycles. The van der Waals surface area contributed by atoms with Crippen LogP contribution in [0, 0.1) is 5.92 Å². The summed E-state index contributed by atoms with van der Waals surface area (Å²) in [5, 5.41) is 7.98. The Hall–Kier alpha value is -2.22. The highest BCUT2D eigenvalue weighted by molar-refractivity contribution is 7.89. The first-order valence-corrected chi connectivity index (χ1v) is 11.1. The molecule has 0 atom stereocenters. The molecule has 0 bridgehead atoms. The molecule has 1 heterocycles. The molecule has 3 N–H and O–H groups in total. The highest BCUT2D eigenvalue weighted by Gasteiger charge is 2.21. The van der Waals surface area contributed by atoms with Crippen molar-refractivity contribution in [1.82, 2.24) is 10.2 Å². The maximum Gasteiger partial charge on any atom is 0.238 e. The fourth-order valence-corrected chi connectivity index (χ4v) is 4.07. The first kappa shape index (κ1) is 20.5. The molecule has 6 nitrogen and oxygen atoms in total. The largest absolute Gasteiger partial charge is 0.351 e. The van der Waals surface area contributed by atoms with Gasteiger partial charge in [-0.05, 0) is 61.5 Å². The van der Waals surface area contributed by atoms with E-state index in [0.29, 0.717) is 19.0 Å². The van der Waals surface area contributed by atoms with E-state index in [1.54, 1.807) is 12.1 Å². The van der Waals surface area contributed by atoms with Crippen LogP contribution in [-0.2, 0) is 27.8 Å². The van der Waals surface area contributed by atoms with Crippen LogP contribution >= 0.6 is 0 Å². The second kappa shape index (κ2) is 9.32. The van der Waals surface area contributed by atoms with E-state index in [0.717, 1.165) is 37.9 Å². The lowest BCUT2D eigenvalue weighted by molar-refractivity contribution is -0.122. The summed E-state index contributed by atoms with van der Waals surface area (Å²) in [6.45, 7) is 2.64. The molecular formula is C21H27N3O3S. The lowest BCUT2D eigenvalue weighted by Crippen LogP contribution is -2.41. The Kier molecular flexibility index (Phi) is 6.83. The smallest absolute Gasteiger partial charge is 0.238 e. The molecule has 0 aliphatic carbocycles. The monoisotopic (exact) mass is 401 g/mol. The number of likely N-dealkylation sites (tertiary alicyclic amines) is 1. The minimum absolute atomic E-state index is 0.0166. The van der Waals surface area contributed by atoms with Crippen molar-refractivity contribution < 1.29 is 13.2 Å². The fourth-order valence-electron chi connectivity index (χ4n) is 3.55. The second-order valence-electron chi connectivity index (χ2n) is 7.37. The van der Waals surface area contributed by atoms with Crippen molar-refractivity contribution in [3.05, 3.63) is 65.7 Å². The van der Waals surface area contributed by atoms with E-state index in [-0.39, 0.29) is 10.8 Å². The highest BCUT2D eigenvalue weighted by Crippen LogP contribution is 2.21. The minimum Gasteiger partial charge on any atom is -0.351 e. The fraction of sp³-hybridized carbons (Fsp3) is 0.381. The van der Waals surface area contributed by atoms with Crippen LogP contribution < -0.4 is 10.5 Å². The van der Waals surface area contributed by atoms with Gasteiger partial charge in [0.05, 0.1) is 11.4 Å². The van der Waals surface area contributed by atoms with Crippen molar-refractivity contribution >= 4 is 15.9 Å². The topological polar surface area (TPSA) is 92.5 Å².